The van der Waals surface area contributed by atoms with Crippen molar-refractivity contribution in [2.75, 3.05) is 0 Å². The number of hydrogen-bond donors (Lipinski definition) is 0. The van der Waals surface area contributed by atoms with Crippen LogP contribution in [0.15, 0.2) is 180 Å². The van der Waals surface area contributed by atoms with Gasteiger partial charge in [0.1, 0.15) is 11.2 Å². The van der Waals surface area contributed by atoms with Crippen LogP contribution in [0, 0.1) is 0 Å². The number of furan rings is 1. The van der Waals surface area contributed by atoms with Crippen molar-refractivity contribution in [3.05, 3.63) is 176 Å². The first-order valence-electron chi connectivity index (χ1n) is 16.4. The number of para-hydroxylation sites is 1. The maximum atomic E-state index is 6.09. The van der Waals surface area contributed by atoms with Gasteiger partial charge < -0.3 is 4.42 Å². The molecule has 0 saturated carbocycles. The molecule has 4 nitrogen and oxygen atoms in total. The van der Waals surface area contributed by atoms with Crippen molar-refractivity contribution in [2.45, 2.75) is 0 Å². The number of benzene rings is 7. The molecule has 0 amide bonds. The lowest BCUT2D eigenvalue weighted by Gasteiger charge is -2.10. The zero-order chi connectivity index (χ0) is 32.6. The Morgan fingerprint density at radius 3 is 1.31 bits per heavy atom. The molecule has 2 aromatic heterocycles. The van der Waals surface area contributed by atoms with Crippen molar-refractivity contribution < 1.29 is 4.42 Å². The molecule has 0 aliphatic carbocycles. The van der Waals surface area contributed by atoms with Gasteiger partial charge in [-0.3, -0.25) is 0 Å². The topological polar surface area (TPSA) is 51.8 Å². The summed E-state index contributed by atoms with van der Waals surface area (Å²) in [4.78, 5) is 15.0. The molecule has 0 fully saturated rings. The van der Waals surface area contributed by atoms with Gasteiger partial charge in [-0.1, -0.05) is 146 Å². The van der Waals surface area contributed by atoms with Gasteiger partial charge >= 0.3 is 0 Å². The first-order chi connectivity index (χ1) is 24.2. The van der Waals surface area contributed by atoms with Crippen LogP contribution in [0.4, 0.5) is 0 Å². The molecular formula is C45H29N3O. The Balaban J connectivity index is 1.07. The molecule has 0 N–H and O–H groups in total. The van der Waals surface area contributed by atoms with Gasteiger partial charge in [-0.2, -0.15) is 0 Å². The maximum absolute atomic E-state index is 6.09. The molecule has 0 bridgehead atoms. The van der Waals surface area contributed by atoms with Crippen molar-refractivity contribution in [2.24, 2.45) is 0 Å². The fraction of sp³-hybridized carbons (Fsp3) is 0. The highest BCUT2D eigenvalue weighted by molar-refractivity contribution is 6.06. The van der Waals surface area contributed by atoms with Gasteiger partial charge in [0.25, 0.3) is 0 Å². The highest BCUT2D eigenvalue weighted by Gasteiger charge is 2.15. The summed E-state index contributed by atoms with van der Waals surface area (Å²) in [6.07, 6.45) is 0. The molecule has 4 heteroatoms. The minimum Gasteiger partial charge on any atom is -0.456 e. The predicted molar refractivity (Wildman–Crippen MR) is 200 cm³/mol. The van der Waals surface area contributed by atoms with Crippen molar-refractivity contribution in [3.8, 4) is 67.5 Å². The lowest BCUT2D eigenvalue weighted by molar-refractivity contribution is 0.669. The predicted octanol–water partition coefficient (Wildman–Crippen LogP) is 11.8. The molecule has 230 valence electrons. The largest absolute Gasteiger partial charge is 0.456 e. The average molecular weight is 628 g/mol. The highest BCUT2D eigenvalue weighted by atomic mass is 16.3. The Bertz CT molecular complexity index is 2570. The monoisotopic (exact) mass is 627 g/mol. The van der Waals surface area contributed by atoms with E-state index in [4.69, 9.17) is 19.4 Å². The third-order valence-electron chi connectivity index (χ3n) is 8.97. The Morgan fingerprint density at radius 2 is 0.673 bits per heavy atom. The highest BCUT2D eigenvalue weighted by Crippen LogP contribution is 2.34. The van der Waals surface area contributed by atoms with E-state index in [1.165, 1.54) is 22.3 Å². The molecule has 2 heterocycles. The fourth-order valence-electron chi connectivity index (χ4n) is 6.39. The van der Waals surface area contributed by atoms with Gasteiger partial charge in [-0.05, 0) is 63.7 Å². The lowest BCUT2D eigenvalue weighted by Crippen LogP contribution is -2.00. The van der Waals surface area contributed by atoms with Crippen LogP contribution >= 0.6 is 0 Å². The number of rotatable bonds is 6. The first-order valence-corrected chi connectivity index (χ1v) is 16.4. The molecule has 9 aromatic rings. The normalized spacial score (nSPS) is 11.3. The summed E-state index contributed by atoms with van der Waals surface area (Å²) in [6.45, 7) is 0. The third kappa shape index (κ3) is 5.56. The maximum Gasteiger partial charge on any atom is 0.164 e. The van der Waals surface area contributed by atoms with E-state index in [-0.39, 0.29) is 0 Å². The number of fused-ring (bicyclic) bond motifs is 3. The molecule has 7 aromatic carbocycles. The van der Waals surface area contributed by atoms with E-state index in [0.717, 1.165) is 49.8 Å². The van der Waals surface area contributed by atoms with E-state index in [0.29, 0.717) is 17.5 Å². The molecular weight excluding hydrogens is 599 g/mol. The Hall–Kier alpha value is -6.65. The van der Waals surface area contributed by atoms with E-state index in [1.807, 2.05) is 66.7 Å². The van der Waals surface area contributed by atoms with E-state index < -0.39 is 0 Å². The second-order valence-electron chi connectivity index (χ2n) is 12.1. The Morgan fingerprint density at radius 1 is 0.265 bits per heavy atom. The molecule has 0 aliphatic heterocycles. The molecule has 49 heavy (non-hydrogen) atoms. The summed E-state index contributed by atoms with van der Waals surface area (Å²) < 4.78 is 6.09. The summed E-state index contributed by atoms with van der Waals surface area (Å²) in [6, 6.07) is 60.6. The standard InChI is InChI=1S/C45H29N3O/c1-3-10-30(11-4-1)31-18-20-32(21-19-31)33-22-24-34(25-23-33)36-14-9-15-37(28-36)44-46-43(35-12-5-2-6-13-35)47-45(48-44)38-26-27-42-40(29-38)39-16-7-8-17-41(39)49-42/h1-29H. The quantitative estimate of drug-likeness (QED) is 0.184. The molecule has 0 atom stereocenters. The number of hydrogen-bond acceptors (Lipinski definition) is 4. The van der Waals surface area contributed by atoms with Crippen molar-refractivity contribution in [1.82, 2.24) is 15.0 Å². The summed E-state index contributed by atoms with van der Waals surface area (Å²) in [7, 11) is 0. The van der Waals surface area contributed by atoms with E-state index in [2.05, 4.69) is 109 Å². The average Bonchev–Trinajstić information content (AvgIpc) is 3.57. The minimum absolute atomic E-state index is 0.615. The fourth-order valence-corrected chi connectivity index (χ4v) is 6.39. The SMILES string of the molecule is c1ccc(-c2ccc(-c3ccc(-c4cccc(-c5nc(-c6ccccc6)nc(-c6ccc7oc8ccccc8c7c6)n5)c4)cc3)cc2)cc1. The minimum atomic E-state index is 0.615. The summed E-state index contributed by atoms with van der Waals surface area (Å²) in [5, 5.41) is 2.11. The van der Waals surface area contributed by atoms with Crippen molar-refractivity contribution >= 4 is 21.9 Å². The number of aromatic nitrogens is 3. The van der Waals surface area contributed by atoms with Crippen molar-refractivity contribution in [1.29, 1.82) is 0 Å². The zero-order valence-electron chi connectivity index (χ0n) is 26.5. The second kappa shape index (κ2) is 12.2. The summed E-state index contributed by atoms with van der Waals surface area (Å²) >= 11 is 0. The van der Waals surface area contributed by atoms with Gasteiger partial charge in [-0.25, -0.2) is 15.0 Å². The van der Waals surface area contributed by atoms with Crippen LogP contribution < -0.4 is 0 Å². The lowest BCUT2D eigenvalue weighted by atomic mass is 9.97. The first kappa shape index (κ1) is 28.6. The number of nitrogens with zero attached hydrogens (tertiary/aromatic N) is 3. The molecule has 9 rings (SSSR count). The van der Waals surface area contributed by atoms with Crippen LogP contribution in [0.5, 0.6) is 0 Å². The van der Waals surface area contributed by atoms with Crippen LogP contribution in [-0.2, 0) is 0 Å². The van der Waals surface area contributed by atoms with Gasteiger partial charge in [0, 0.05) is 27.5 Å². The van der Waals surface area contributed by atoms with E-state index >= 15 is 0 Å². The van der Waals surface area contributed by atoms with E-state index in [1.54, 1.807) is 0 Å². The Kier molecular flexibility index (Phi) is 7.10. The molecule has 0 radical (unpaired) electrons. The van der Waals surface area contributed by atoms with Crippen LogP contribution in [0.1, 0.15) is 0 Å². The van der Waals surface area contributed by atoms with Crippen LogP contribution in [-0.4, -0.2) is 15.0 Å². The van der Waals surface area contributed by atoms with E-state index in [9.17, 15) is 0 Å². The van der Waals surface area contributed by atoms with Crippen LogP contribution in [0.3, 0.4) is 0 Å². The van der Waals surface area contributed by atoms with Gasteiger partial charge in [0.15, 0.2) is 17.5 Å². The summed E-state index contributed by atoms with van der Waals surface area (Å²) in [5.41, 5.74) is 11.5. The van der Waals surface area contributed by atoms with Gasteiger partial charge in [0.05, 0.1) is 0 Å². The van der Waals surface area contributed by atoms with Gasteiger partial charge in [-0.15, -0.1) is 0 Å². The molecule has 0 saturated heterocycles. The van der Waals surface area contributed by atoms with Gasteiger partial charge in [0.2, 0.25) is 0 Å². The summed E-state index contributed by atoms with van der Waals surface area (Å²) in [5.74, 6) is 1.87. The third-order valence-corrected chi connectivity index (χ3v) is 8.97. The molecule has 0 unspecified atom stereocenters. The van der Waals surface area contributed by atoms with Crippen LogP contribution in [0.25, 0.3) is 89.5 Å². The molecule has 0 aliphatic rings. The zero-order valence-corrected chi connectivity index (χ0v) is 26.5. The van der Waals surface area contributed by atoms with Crippen LogP contribution in [0.2, 0.25) is 0 Å². The Labute approximate surface area is 284 Å². The van der Waals surface area contributed by atoms with Crippen molar-refractivity contribution in [3.63, 3.8) is 0 Å². The molecule has 0 spiro atoms. The smallest absolute Gasteiger partial charge is 0.164 e. The second-order valence-corrected chi connectivity index (χ2v) is 12.1.